The first-order chi connectivity index (χ1) is 7.29. The predicted octanol–water partition coefficient (Wildman–Crippen LogP) is 2.10. The second kappa shape index (κ2) is 3.99. The molecule has 2 rings (SSSR count). The van der Waals surface area contributed by atoms with Crippen molar-refractivity contribution in [3.8, 4) is 0 Å². The van der Waals surface area contributed by atoms with E-state index in [1.807, 2.05) is 29.1 Å². The highest BCUT2D eigenvalue weighted by atomic mass is 32.1. The average Bonchev–Trinajstić information content (AvgIpc) is 2.54. The molecule has 0 N–H and O–H groups in total. The van der Waals surface area contributed by atoms with Crippen LogP contribution >= 0.6 is 12.8 Å². The van der Waals surface area contributed by atoms with Crippen molar-refractivity contribution in [2.24, 2.45) is 0 Å². The van der Waals surface area contributed by atoms with E-state index in [9.17, 15) is 0 Å². The number of rotatable bonds is 1. The van der Waals surface area contributed by atoms with Crippen LogP contribution in [0.3, 0.4) is 0 Å². The molecule has 1 heterocycles. The van der Waals surface area contributed by atoms with Crippen molar-refractivity contribution in [3.05, 3.63) is 47.5 Å². The summed E-state index contributed by atoms with van der Waals surface area (Å²) in [6, 6.07) is 8.24. The number of allylic oxidation sites excluding steroid dienone is 1. The number of hydrogen-bond donors (Lipinski definition) is 1. The second-order valence-electron chi connectivity index (χ2n) is 3.32. The van der Waals surface area contributed by atoms with Gasteiger partial charge in [0.15, 0.2) is 0 Å². The Balaban J connectivity index is 3.12. The van der Waals surface area contributed by atoms with Gasteiger partial charge in [0, 0.05) is 10.6 Å². The SMILES string of the molecule is C=C/C=c1\c(=C/C)c2ccccc2n1S. The molecule has 0 aliphatic carbocycles. The van der Waals surface area contributed by atoms with Gasteiger partial charge in [-0.1, -0.05) is 49.7 Å². The van der Waals surface area contributed by atoms with Crippen LogP contribution in [0.2, 0.25) is 0 Å². The van der Waals surface area contributed by atoms with Crippen molar-refractivity contribution < 1.29 is 0 Å². The summed E-state index contributed by atoms with van der Waals surface area (Å²) in [4.78, 5) is 0. The minimum Gasteiger partial charge on any atom is -0.286 e. The smallest absolute Gasteiger partial charge is 0.0602 e. The van der Waals surface area contributed by atoms with Crippen LogP contribution in [0.4, 0.5) is 0 Å². The van der Waals surface area contributed by atoms with Crippen molar-refractivity contribution in [3.63, 3.8) is 0 Å². The van der Waals surface area contributed by atoms with Gasteiger partial charge in [0.2, 0.25) is 0 Å². The number of thiol groups is 1. The number of fused-ring (bicyclic) bond motifs is 1. The summed E-state index contributed by atoms with van der Waals surface area (Å²) < 4.78 is 1.90. The van der Waals surface area contributed by atoms with Crippen LogP contribution in [0, 0.1) is 0 Å². The molecule has 0 saturated heterocycles. The zero-order valence-electron chi connectivity index (χ0n) is 8.64. The standard InChI is InChI=1S/C13H13NS/c1-3-7-12-10(4-2)11-8-5-6-9-13(11)14(12)15/h3-9,15H,1H2,2H3/b10-4-,12-7+. The largest absolute Gasteiger partial charge is 0.286 e. The Morgan fingerprint density at radius 1 is 1.33 bits per heavy atom. The third-order valence-electron chi connectivity index (χ3n) is 2.49. The number of benzene rings is 1. The lowest BCUT2D eigenvalue weighted by Gasteiger charge is -1.92. The molecule has 0 bridgehead atoms. The van der Waals surface area contributed by atoms with Crippen molar-refractivity contribution in [2.75, 3.05) is 0 Å². The van der Waals surface area contributed by atoms with Crippen LogP contribution in [0.25, 0.3) is 23.1 Å². The maximum Gasteiger partial charge on any atom is 0.0602 e. The molecule has 1 aromatic heterocycles. The van der Waals surface area contributed by atoms with Gasteiger partial charge in [-0.05, 0) is 19.1 Å². The fraction of sp³-hybridized carbons (Fsp3) is 0.0769. The van der Waals surface area contributed by atoms with Gasteiger partial charge in [-0.2, -0.15) is 0 Å². The molecule has 0 saturated carbocycles. The van der Waals surface area contributed by atoms with Crippen molar-refractivity contribution in [2.45, 2.75) is 6.92 Å². The van der Waals surface area contributed by atoms with Gasteiger partial charge in [-0.25, -0.2) is 0 Å². The van der Waals surface area contributed by atoms with Gasteiger partial charge in [0.1, 0.15) is 0 Å². The van der Waals surface area contributed by atoms with Crippen LogP contribution < -0.4 is 10.6 Å². The fourth-order valence-electron chi connectivity index (χ4n) is 1.84. The fourth-order valence-corrected chi connectivity index (χ4v) is 2.19. The molecule has 0 atom stereocenters. The summed E-state index contributed by atoms with van der Waals surface area (Å²) in [6.07, 6.45) is 5.86. The summed E-state index contributed by atoms with van der Waals surface area (Å²) in [5.74, 6) is 0. The molecule has 1 nitrogen and oxygen atoms in total. The van der Waals surface area contributed by atoms with Crippen molar-refractivity contribution in [1.82, 2.24) is 3.97 Å². The molecule has 0 spiro atoms. The van der Waals surface area contributed by atoms with Crippen molar-refractivity contribution >= 4 is 35.9 Å². The Kier molecular flexibility index (Phi) is 2.69. The highest BCUT2D eigenvalue weighted by molar-refractivity contribution is 7.78. The Bertz CT molecular complexity index is 620. The monoisotopic (exact) mass is 215 g/mol. The first kappa shape index (κ1) is 10.1. The summed E-state index contributed by atoms with van der Waals surface area (Å²) in [5, 5.41) is 3.51. The number of hydrogen-bond acceptors (Lipinski definition) is 1. The van der Waals surface area contributed by atoms with Gasteiger partial charge in [0.25, 0.3) is 0 Å². The lowest BCUT2D eigenvalue weighted by atomic mass is 10.2. The minimum atomic E-state index is 1.08. The third-order valence-corrected chi connectivity index (χ3v) is 2.92. The molecule has 2 heteroatoms. The van der Waals surface area contributed by atoms with E-state index < -0.39 is 0 Å². The van der Waals surface area contributed by atoms with E-state index in [2.05, 4.69) is 37.6 Å². The van der Waals surface area contributed by atoms with Gasteiger partial charge in [0.05, 0.1) is 10.9 Å². The molecular formula is C13H13NS. The van der Waals surface area contributed by atoms with E-state index in [-0.39, 0.29) is 0 Å². The molecular weight excluding hydrogens is 202 g/mol. The molecule has 76 valence electrons. The molecule has 0 fully saturated rings. The second-order valence-corrected chi connectivity index (χ2v) is 3.72. The van der Waals surface area contributed by atoms with Crippen LogP contribution in [-0.4, -0.2) is 3.97 Å². The Hall–Kier alpha value is -1.41. The lowest BCUT2D eigenvalue weighted by molar-refractivity contribution is 1.27. The molecule has 2 aromatic rings. The van der Waals surface area contributed by atoms with Gasteiger partial charge < -0.3 is 0 Å². The highest BCUT2D eigenvalue weighted by Crippen LogP contribution is 2.08. The van der Waals surface area contributed by atoms with Crippen LogP contribution in [0.1, 0.15) is 6.92 Å². The zero-order chi connectivity index (χ0) is 10.8. The first-order valence-corrected chi connectivity index (χ1v) is 5.27. The quantitative estimate of drug-likeness (QED) is 0.695. The maximum absolute atomic E-state index is 4.49. The minimum absolute atomic E-state index is 1.08. The van der Waals surface area contributed by atoms with Crippen LogP contribution in [-0.2, 0) is 0 Å². The predicted molar refractivity (Wildman–Crippen MR) is 70.4 cm³/mol. The lowest BCUT2D eigenvalue weighted by Crippen LogP contribution is -2.25. The van der Waals surface area contributed by atoms with E-state index in [1.54, 1.807) is 6.08 Å². The normalized spacial score (nSPS) is 13.7. The summed E-state index contributed by atoms with van der Waals surface area (Å²) in [5.41, 5.74) is 1.13. The van der Waals surface area contributed by atoms with Crippen LogP contribution in [0.15, 0.2) is 36.9 Å². The molecule has 15 heavy (non-hydrogen) atoms. The van der Waals surface area contributed by atoms with Gasteiger partial charge in [-0.3, -0.25) is 3.97 Å². The van der Waals surface area contributed by atoms with E-state index in [4.69, 9.17) is 0 Å². The maximum atomic E-state index is 4.49. The van der Waals surface area contributed by atoms with Gasteiger partial charge >= 0.3 is 0 Å². The van der Waals surface area contributed by atoms with Crippen molar-refractivity contribution in [1.29, 1.82) is 0 Å². The highest BCUT2D eigenvalue weighted by Gasteiger charge is 2.02. The first-order valence-electron chi connectivity index (χ1n) is 4.87. The third kappa shape index (κ3) is 1.51. The zero-order valence-corrected chi connectivity index (χ0v) is 9.54. The molecule has 0 amide bonds. The topological polar surface area (TPSA) is 4.93 Å². The number of para-hydroxylation sites is 1. The van der Waals surface area contributed by atoms with Gasteiger partial charge in [-0.15, -0.1) is 0 Å². The summed E-state index contributed by atoms with van der Waals surface area (Å²) in [6.45, 7) is 5.76. The Morgan fingerprint density at radius 2 is 2.07 bits per heavy atom. The summed E-state index contributed by atoms with van der Waals surface area (Å²) >= 11 is 4.49. The molecule has 0 aliphatic heterocycles. The van der Waals surface area contributed by atoms with E-state index >= 15 is 0 Å². The Morgan fingerprint density at radius 3 is 2.73 bits per heavy atom. The molecule has 0 unspecified atom stereocenters. The molecule has 0 aliphatic rings. The number of aromatic nitrogens is 1. The number of nitrogens with zero attached hydrogens (tertiary/aromatic N) is 1. The molecule has 1 aromatic carbocycles. The summed E-state index contributed by atoms with van der Waals surface area (Å²) in [7, 11) is 0. The van der Waals surface area contributed by atoms with E-state index in [0.717, 1.165) is 10.9 Å². The average molecular weight is 215 g/mol. The molecule has 0 radical (unpaired) electrons. The van der Waals surface area contributed by atoms with E-state index in [0.29, 0.717) is 0 Å². The Labute approximate surface area is 94.6 Å². The van der Waals surface area contributed by atoms with Crippen LogP contribution in [0.5, 0.6) is 0 Å². The van der Waals surface area contributed by atoms with E-state index in [1.165, 1.54) is 10.6 Å².